The van der Waals surface area contributed by atoms with Crippen molar-refractivity contribution in [3.05, 3.63) is 106 Å². The van der Waals surface area contributed by atoms with Crippen molar-refractivity contribution >= 4 is 28.7 Å². The molecule has 3 aromatic carbocycles. The van der Waals surface area contributed by atoms with E-state index in [-0.39, 0.29) is 39.8 Å². The van der Waals surface area contributed by atoms with Crippen molar-refractivity contribution in [2.45, 2.75) is 19.8 Å². The number of carboxylic acids is 1. The summed E-state index contributed by atoms with van der Waals surface area (Å²) >= 11 is 0. The van der Waals surface area contributed by atoms with Crippen LogP contribution in [0.2, 0.25) is 0 Å². The Morgan fingerprint density at radius 1 is 0.733 bits per heavy atom. The Hall–Kier alpha value is -3.79. The van der Waals surface area contributed by atoms with E-state index in [1.165, 1.54) is 0 Å². The SMILES string of the molecule is CC(C)c1ccc(C2=C(c3ccccc3)C(=O)c3ccccc3C2=O)c(C(=O)O)c1. The Labute approximate surface area is 174 Å². The number of carboxylic acid groups (broad SMARTS) is 1. The molecule has 4 heteroatoms. The fourth-order valence-corrected chi connectivity index (χ4v) is 3.83. The third-order valence-corrected chi connectivity index (χ3v) is 5.39. The van der Waals surface area contributed by atoms with E-state index >= 15 is 0 Å². The number of ketones is 2. The lowest BCUT2D eigenvalue weighted by Crippen LogP contribution is -2.22. The molecule has 4 rings (SSSR count). The lowest BCUT2D eigenvalue weighted by Gasteiger charge is -2.23. The summed E-state index contributed by atoms with van der Waals surface area (Å²) in [5, 5.41) is 9.89. The van der Waals surface area contributed by atoms with Crippen molar-refractivity contribution < 1.29 is 19.5 Å². The van der Waals surface area contributed by atoms with Crippen LogP contribution in [-0.4, -0.2) is 22.6 Å². The van der Waals surface area contributed by atoms with Crippen molar-refractivity contribution in [3.63, 3.8) is 0 Å². The fraction of sp³-hybridized carbons (Fsp3) is 0.115. The summed E-state index contributed by atoms with van der Waals surface area (Å²) in [6.45, 7) is 3.95. The number of carbonyl (C=O) groups excluding carboxylic acids is 2. The van der Waals surface area contributed by atoms with Gasteiger partial charge in [0.2, 0.25) is 0 Å². The van der Waals surface area contributed by atoms with Gasteiger partial charge in [0.25, 0.3) is 0 Å². The predicted octanol–water partition coefficient (Wildman–Crippen LogP) is 5.50. The molecular formula is C26H20O4. The predicted molar refractivity (Wildman–Crippen MR) is 116 cm³/mol. The maximum atomic E-state index is 13.5. The summed E-state index contributed by atoms with van der Waals surface area (Å²) in [5.41, 5.74) is 2.72. The first-order chi connectivity index (χ1) is 14.4. The highest BCUT2D eigenvalue weighted by Crippen LogP contribution is 2.39. The number of carbonyl (C=O) groups is 3. The first kappa shape index (κ1) is 19.5. The van der Waals surface area contributed by atoms with E-state index in [2.05, 4.69) is 0 Å². The molecule has 0 unspecified atom stereocenters. The number of rotatable bonds is 4. The molecule has 0 bridgehead atoms. The Morgan fingerprint density at radius 3 is 1.87 bits per heavy atom. The van der Waals surface area contributed by atoms with Crippen LogP contribution in [0.4, 0.5) is 0 Å². The third kappa shape index (κ3) is 3.16. The zero-order chi connectivity index (χ0) is 21.4. The van der Waals surface area contributed by atoms with E-state index in [1.807, 2.05) is 26.0 Å². The summed E-state index contributed by atoms with van der Waals surface area (Å²) in [7, 11) is 0. The van der Waals surface area contributed by atoms with Crippen molar-refractivity contribution in [3.8, 4) is 0 Å². The molecule has 0 fully saturated rings. The average molecular weight is 396 g/mol. The molecule has 4 nitrogen and oxygen atoms in total. The van der Waals surface area contributed by atoms with E-state index in [0.29, 0.717) is 16.7 Å². The number of aromatic carboxylic acids is 1. The fourth-order valence-electron chi connectivity index (χ4n) is 3.83. The van der Waals surface area contributed by atoms with Crippen LogP contribution in [0.25, 0.3) is 11.1 Å². The maximum absolute atomic E-state index is 13.5. The molecule has 0 heterocycles. The molecule has 3 aromatic rings. The summed E-state index contributed by atoms with van der Waals surface area (Å²) in [5.74, 6) is -1.63. The average Bonchev–Trinajstić information content (AvgIpc) is 2.76. The molecule has 0 saturated heterocycles. The molecule has 0 amide bonds. The minimum Gasteiger partial charge on any atom is -0.478 e. The van der Waals surface area contributed by atoms with Gasteiger partial charge >= 0.3 is 5.97 Å². The Kier molecular flexibility index (Phi) is 4.92. The summed E-state index contributed by atoms with van der Waals surface area (Å²) in [4.78, 5) is 39.1. The second-order valence-corrected chi connectivity index (χ2v) is 7.58. The lowest BCUT2D eigenvalue weighted by atomic mass is 9.77. The highest BCUT2D eigenvalue weighted by molar-refractivity contribution is 6.52. The normalized spacial score (nSPS) is 13.6. The minimum absolute atomic E-state index is 0.0187. The van der Waals surface area contributed by atoms with Crippen LogP contribution >= 0.6 is 0 Å². The number of Topliss-reactive ketones (excluding diaryl/α,β-unsaturated/α-hetero) is 2. The van der Waals surface area contributed by atoms with E-state index in [9.17, 15) is 19.5 Å². The van der Waals surface area contributed by atoms with E-state index in [1.54, 1.807) is 60.7 Å². The standard InChI is InChI=1S/C26H20O4/c1-15(2)17-12-13-18(21(14-17)26(29)30)23-22(16-8-4-3-5-9-16)24(27)19-10-6-7-11-20(19)25(23)28/h3-15H,1-2H3,(H,29,30). The molecule has 0 radical (unpaired) electrons. The topological polar surface area (TPSA) is 71.4 Å². The smallest absolute Gasteiger partial charge is 0.336 e. The molecule has 148 valence electrons. The summed E-state index contributed by atoms with van der Waals surface area (Å²) in [6, 6.07) is 20.7. The molecule has 0 spiro atoms. The van der Waals surface area contributed by atoms with Crippen LogP contribution in [0.15, 0.2) is 72.8 Å². The van der Waals surface area contributed by atoms with Gasteiger partial charge in [-0.15, -0.1) is 0 Å². The largest absolute Gasteiger partial charge is 0.478 e. The van der Waals surface area contributed by atoms with Crippen LogP contribution in [0, 0.1) is 0 Å². The number of fused-ring (bicyclic) bond motifs is 1. The van der Waals surface area contributed by atoms with Gasteiger partial charge in [-0.1, -0.05) is 80.6 Å². The van der Waals surface area contributed by atoms with E-state index < -0.39 is 5.97 Å². The first-order valence-electron chi connectivity index (χ1n) is 9.76. The number of benzene rings is 3. The van der Waals surface area contributed by atoms with Crippen LogP contribution in [0.5, 0.6) is 0 Å². The number of allylic oxidation sites excluding steroid dienone is 2. The lowest BCUT2D eigenvalue weighted by molar-refractivity contribution is 0.0696. The molecule has 0 atom stereocenters. The summed E-state index contributed by atoms with van der Waals surface area (Å²) < 4.78 is 0. The highest BCUT2D eigenvalue weighted by Gasteiger charge is 2.35. The van der Waals surface area contributed by atoms with Crippen LogP contribution in [0.3, 0.4) is 0 Å². The van der Waals surface area contributed by atoms with Crippen molar-refractivity contribution in [1.29, 1.82) is 0 Å². The van der Waals surface area contributed by atoms with Gasteiger partial charge in [-0.3, -0.25) is 9.59 Å². The Morgan fingerprint density at radius 2 is 1.30 bits per heavy atom. The van der Waals surface area contributed by atoms with Crippen LogP contribution in [0.1, 0.15) is 67.5 Å². The molecule has 1 aliphatic rings. The van der Waals surface area contributed by atoms with Crippen LogP contribution in [-0.2, 0) is 0 Å². The van der Waals surface area contributed by atoms with E-state index in [0.717, 1.165) is 5.56 Å². The zero-order valence-corrected chi connectivity index (χ0v) is 16.7. The maximum Gasteiger partial charge on any atom is 0.336 e. The van der Waals surface area contributed by atoms with Gasteiger partial charge < -0.3 is 5.11 Å². The van der Waals surface area contributed by atoms with Gasteiger partial charge in [-0.2, -0.15) is 0 Å². The molecule has 1 aliphatic carbocycles. The third-order valence-electron chi connectivity index (χ3n) is 5.39. The second-order valence-electron chi connectivity index (χ2n) is 7.58. The van der Waals surface area contributed by atoms with Gasteiger partial charge in [-0.05, 0) is 23.1 Å². The number of hydrogen-bond donors (Lipinski definition) is 1. The van der Waals surface area contributed by atoms with Gasteiger partial charge in [0.05, 0.1) is 5.56 Å². The van der Waals surface area contributed by atoms with Gasteiger partial charge in [0.15, 0.2) is 11.6 Å². The number of hydrogen-bond acceptors (Lipinski definition) is 3. The first-order valence-corrected chi connectivity index (χ1v) is 9.76. The highest BCUT2D eigenvalue weighted by atomic mass is 16.4. The van der Waals surface area contributed by atoms with Gasteiger partial charge in [0, 0.05) is 27.8 Å². The molecule has 0 saturated carbocycles. The molecule has 0 aromatic heterocycles. The zero-order valence-electron chi connectivity index (χ0n) is 16.7. The molecule has 1 N–H and O–H groups in total. The van der Waals surface area contributed by atoms with Gasteiger partial charge in [0.1, 0.15) is 0 Å². The summed E-state index contributed by atoms with van der Waals surface area (Å²) in [6.07, 6.45) is 0. The van der Waals surface area contributed by atoms with Crippen molar-refractivity contribution in [1.82, 2.24) is 0 Å². The molecule has 30 heavy (non-hydrogen) atoms. The Balaban J connectivity index is 2.08. The quantitative estimate of drug-likeness (QED) is 0.632. The minimum atomic E-state index is -1.13. The van der Waals surface area contributed by atoms with Crippen molar-refractivity contribution in [2.24, 2.45) is 0 Å². The second kappa shape index (κ2) is 7.56. The van der Waals surface area contributed by atoms with Crippen LogP contribution < -0.4 is 0 Å². The molecular weight excluding hydrogens is 376 g/mol. The Bertz CT molecular complexity index is 1220. The monoisotopic (exact) mass is 396 g/mol. The van der Waals surface area contributed by atoms with Gasteiger partial charge in [-0.25, -0.2) is 4.79 Å². The van der Waals surface area contributed by atoms with E-state index in [4.69, 9.17) is 0 Å². The molecule has 0 aliphatic heterocycles. The van der Waals surface area contributed by atoms with Crippen molar-refractivity contribution in [2.75, 3.05) is 0 Å².